The Balaban J connectivity index is 2.17. The summed E-state index contributed by atoms with van der Waals surface area (Å²) in [5.74, 6) is -0.505. The minimum Gasteiger partial charge on any atom is -0.464 e. The van der Waals surface area contributed by atoms with Crippen molar-refractivity contribution in [2.45, 2.75) is 58.2 Å². The lowest BCUT2D eigenvalue weighted by Gasteiger charge is -2.29. The third-order valence-electron chi connectivity index (χ3n) is 4.14. The van der Waals surface area contributed by atoms with E-state index in [-0.39, 0.29) is 19.3 Å². The van der Waals surface area contributed by atoms with Gasteiger partial charge in [0.1, 0.15) is 11.6 Å². The Morgan fingerprint density at radius 1 is 1.25 bits per heavy atom. The summed E-state index contributed by atoms with van der Waals surface area (Å²) in [5, 5.41) is 0. The highest BCUT2D eigenvalue weighted by atomic mass is 32.2. The number of hydrogen-bond acceptors (Lipinski definition) is 7. The van der Waals surface area contributed by atoms with E-state index in [0.29, 0.717) is 12.8 Å². The van der Waals surface area contributed by atoms with Crippen LogP contribution < -0.4 is 0 Å². The number of carbonyl (C=O) groups excluding carboxylic acids is 2. The van der Waals surface area contributed by atoms with Crippen LogP contribution in [0.2, 0.25) is 0 Å². The first-order valence-electron chi connectivity index (χ1n) is 7.91. The van der Waals surface area contributed by atoms with E-state index < -0.39 is 39.2 Å². The van der Waals surface area contributed by atoms with Gasteiger partial charge in [-0.05, 0) is 40.5 Å². The highest BCUT2D eigenvalue weighted by molar-refractivity contribution is 7.85. The van der Waals surface area contributed by atoms with Crippen molar-refractivity contribution in [1.29, 1.82) is 0 Å². The molecule has 0 bridgehead atoms. The van der Waals surface area contributed by atoms with Crippen LogP contribution in [0.15, 0.2) is 0 Å². The Hall–Kier alpha value is -1.35. The summed E-state index contributed by atoms with van der Waals surface area (Å²) in [7, 11) is -3.59. The average Bonchev–Trinajstić information content (AvgIpc) is 2.99. The molecule has 1 aliphatic carbocycles. The van der Waals surface area contributed by atoms with Crippen LogP contribution in [0.3, 0.4) is 0 Å². The molecule has 2 rings (SSSR count). The lowest BCUT2D eigenvalue weighted by atomic mass is 10.0. The molecule has 0 aromatic rings. The molecule has 138 valence electrons. The summed E-state index contributed by atoms with van der Waals surface area (Å²) in [6.45, 7) is 7.07. The molecule has 3 atom stereocenters. The van der Waals surface area contributed by atoms with Crippen molar-refractivity contribution in [1.82, 2.24) is 4.90 Å². The number of hydrogen-bond donors (Lipinski definition) is 0. The third kappa shape index (κ3) is 4.18. The van der Waals surface area contributed by atoms with E-state index in [1.54, 1.807) is 27.7 Å². The van der Waals surface area contributed by atoms with Crippen molar-refractivity contribution in [2.75, 3.05) is 19.5 Å². The molecular weight excluding hydrogens is 338 g/mol. The molecule has 8 nitrogen and oxygen atoms in total. The molecule has 1 saturated carbocycles. The normalized spacial score (nSPS) is 29.1. The number of esters is 1. The van der Waals surface area contributed by atoms with Crippen LogP contribution in [-0.4, -0.2) is 62.5 Å². The van der Waals surface area contributed by atoms with Crippen molar-refractivity contribution in [3.05, 3.63) is 0 Å². The standard InChI is InChI=1S/C15H25NO7S/c1-6-21-12(17)10-7-15(9-22-24(5,19)20)8-11(15)16(10)13(18)23-14(2,3)4/h10-11H,6-9H2,1-5H3/t10-,11+,15-/m0/s1. The maximum absolute atomic E-state index is 12.5. The smallest absolute Gasteiger partial charge is 0.411 e. The number of rotatable bonds is 5. The van der Waals surface area contributed by atoms with Crippen molar-refractivity contribution >= 4 is 22.2 Å². The van der Waals surface area contributed by atoms with E-state index >= 15 is 0 Å². The number of piperidine rings is 1. The van der Waals surface area contributed by atoms with Gasteiger partial charge in [0.15, 0.2) is 0 Å². The summed E-state index contributed by atoms with van der Waals surface area (Å²) in [6.07, 6.45) is 1.28. The van der Waals surface area contributed by atoms with Gasteiger partial charge in [0.25, 0.3) is 10.1 Å². The van der Waals surface area contributed by atoms with Gasteiger partial charge in [0, 0.05) is 11.5 Å². The van der Waals surface area contributed by atoms with Gasteiger partial charge in [-0.25, -0.2) is 9.59 Å². The van der Waals surface area contributed by atoms with Gasteiger partial charge in [-0.2, -0.15) is 8.42 Å². The zero-order valence-corrected chi connectivity index (χ0v) is 15.5. The Labute approximate surface area is 142 Å². The van der Waals surface area contributed by atoms with E-state index in [1.165, 1.54) is 4.90 Å². The van der Waals surface area contributed by atoms with E-state index in [4.69, 9.17) is 13.7 Å². The molecule has 0 N–H and O–H groups in total. The van der Waals surface area contributed by atoms with Crippen LogP contribution in [0.1, 0.15) is 40.5 Å². The van der Waals surface area contributed by atoms with E-state index in [1.807, 2.05) is 0 Å². The quantitative estimate of drug-likeness (QED) is 0.536. The molecule has 24 heavy (non-hydrogen) atoms. The maximum Gasteiger partial charge on any atom is 0.411 e. The van der Waals surface area contributed by atoms with Crippen molar-refractivity contribution in [3.63, 3.8) is 0 Å². The average molecular weight is 363 g/mol. The Morgan fingerprint density at radius 2 is 1.88 bits per heavy atom. The van der Waals surface area contributed by atoms with E-state index in [9.17, 15) is 18.0 Å². The van der Waals surface area contributed by atoms with Crippen molar-refractivity contribution in [3.8, 4) is 0 Å². The molecule has 1 aliphatic heterocycles. The molecule has 1 heterocycles. The van der Waals surface area contributed by atoms with E-state index in [2.05, 4.69) is 0 Å². The SMILES string of the molecule is CCOC(=O)[C@@H]1C[C@@]2(COS(C)(=O)=O)C[C@H]2N1C(=O)OC(C)(C)C. The van der Waals surface area contributed by atoms with Crippen LogP contribution in [0.4, 0.5) is 4.79 Å². The van der Waals surface area contributed by atoms with Gasteiger partial charge in [-0.3, -0.25) is 9.08 Å². The Kier molecular flexibility index (Phi) is 4.89. The molecule has 9 heteroatoms. The first kappa shape index (κ1) is 19.0. The zero-order chi connectivity index (χ0) is 18.3. The van der Waals surface area contributed by atoms with Gasteiger partial charge in [0.2, 0.25) is 0 Å². The number of likely N-dealkylation sites (tertiary alicyclic amines) is 1. The molecule has 0 aromatic heterocycles. The van der Waals surface area contributed by atoms with Crippen LogP contribution in [-0.2, 0) is 28.6 Å². The second kappa shape index (κ2) is 6.18. The van der Waals surface area contributed by atoms with Crippen LogP contribution in [0.25, 0.3) is 0 Å². The fraction of sp³-hybridized carbons (Fsp3) is 0.867. The van der Waals surface area contributed by atoms with Gasteiger partial charge in [0.05, 0.1) is 19.5 Å². The molecular formula is C15H25NO7S. The van der Waals surface area contributed by atoms with Gasteiger partial charge >= 0.3 is 12.1 Å². The van der Waals surface area contributed by atoms with Gasteiger partial charge < -0.3 is 9.47 Å². The lowest BCUT2D eigenvalue weighted by Crippen LogP contribution is -2.46. The Morgan fingerprint density at radius 3 is 2.38 bits per heavy atom. The molecule has 0 unspecified atom stereocenters. The zero-order valence-electron chi connectivity index (χ0n) is 14.7. The largest absolute Gasteiger partial charge is 0.464 e. The van der Waals surface area contributed by atoms with Gasteiger partial charge in [-0.1, -0.05) is 0 Å². The second-order valence-corrected chi connectivity index (χ2v) is 9.05. The number of ether oxygens (including phenoxy) is 2. The molecule has 1 saturated heterocycles. The monoisotopic (exact) mass is 363 g/mol. The number of carbonyl (C=O) groups is 2. The molecule has 0 aromatic carbocycles. The first-order valence-corrected chi connectivity index (χ1v) is 9.72. The topological polar surface area (TPSA) is 99.2 Å². The van der Waals surface area contributed by atoms with Gasteiger partial charge in [-0.15, -0.1) is 0 Å². The number of nitrogens with zero attached hydrogens (tertiary/aromatic N) is 1. The molecule has 0 radical (unpaired) electrons. The van der Waals surface area contributed by atoms with Crippen molar-refractivity contribution < 1.29 is 31.7 Å². The summed E-state index contributed by atoms with van der Waals surface area (Å²) >= 11 is 0. The molecule has 1 amide bonds. The maximum atomic E-state index is 12.5. The van der Waals surface area contributed by atoms with Crippen LogP contribution in [0, 0.1) is 5.41 Å². The molecule has 0 spiro atoms. The second-order valence-electron chi connectivity index (χ2n) is 7.41. The molecule has 2 aliphatic rings. The third-order valence-corrected chi connectivity index (χ3v) is 4.69. The lowest BCUT2D eigenvalue weighted by molar-refractivity contribution is -0.149. The first-order chi connectivity index (χ1) is 10.9. The fourth-order valence-corrected chi connectivity index (χ4v) is 3.53. The highest BCUT2D eigenvalue weighted by Gasteiger charge is 2.68. The minimum atomic E-state index is -3.59. The minimum absolute atomic E-state index is 0.0499. The molecule has 2 fully saturated rings. The Bertz CT molecular complexity index is 624. The highest BCUT2D eigenvalue weighted by Crippen LogP contribution is 2.60. The summed E-state index contributed by atoms with van der Waals surface area (Å²) < 4.78 is 37.9. The number of amides is 1. The van der Waals surface area contributed by atoms with Crippen LogP contribution in [0.5, 0.6) is 0 Å². The van der Waals surface area contributed by atoms with Crippen LogP contribution >= 0.6 is 0 Å². The van der Waals surface area contributed by atoms with E-state index in [0.717, 1.165) is 6.26 Å². The van der Waals surface area contributed by atoms with Crippen molar-refractivity contribution in [2.24, 2.45) is 5.41 Å². The number of fused-ring (bicyclic) bond motifs is 1. The summed E-state index contributed by atoms with van der Waals surface area (Å²) in [5.41, 5.74) is -1.23. The predicted molar refractivity (Wildman–Crippen MR) is 84.7 cm³/mol. The fourth-order valence-electron chi connectivity index (χ4n) is 3.08. The predicted octanol–water partition coefficient (Wildman–Crippen LogP) is 1.29. The summed E-state index contributed by atoms with van der Waals surface area (Å²) in [6, 6.07) is -1.05. The summed E-state index contributed by atoms with van der Waals surface area (Å²) in [4.78, 5) is 26.1.